The van der Waals surface area contributed by atoms with Gasteiger partial charge in [-0.1, -0.05) is 35.5 Å². The number of anilines is 1. The van der Waals surface area contributed by atoms with E-state index in [-0.39, 0.29) is 12.5 Å². The van der Waals surface area contributed by atoms with E-state index in [4.69, 9.17) is 9.26 Å². The summed E-state index contributed by atoms with van der Waals surface area (Å²) in [6, 6.07) is 15.4. The monoisotopic (exact) mass is 349 g/mol. The number of hydrogen-bond acceptors (Lipinski definition) is 5. The summed E-state index contributed by atoms with van der Waals surface area (Å²) in [6.07, 6.45) is 1.50. The molecule has 26 heavy (non-hydrogen) atoms. The first-order valence-electron chi connectivity index (χ1n) is 8.62. The van der Waals surface area contributed by atoms with Gasteiger partial charge in [-0.3, -0.25) is 4.79 Å². The minimum atomic E-state index is 0.155. The Morgan fingerprint density at radius 3 is 2.88 bits per heavy atom. The van der Waals surface area contributed by atoms with E-state index in [1.54, 1.807) is 4.90 Å². The summed E-state index contributed by atoms with van der Waals surface area (Å²) < 4.78 is 11.1. The van der Waals surface area contributed by atoms with Gasteiger partial charge in [0.1, 0.15) is 5.75 Å². The van der Waals surface area contributed by atoms with Crippen molar-refractivity contribution in [1.29, 1.82) is 0 Å². The van der Waals surface area contributed by atoms with E-state index in [9.17, 15) is 4.79 Å². The largest absolute Gasteiger partial charge is 0.484 e. The Bertz CT molecular complexity index is 935. The normalized spacial score (nSPS) is 14.0. The van der Waals surface area contributed by atoms with E-state index in [1.807, 2.05) is 55.5 Å². The molecule has 3 aromatic rings. The fourth-order valence-corrected chi connectivity index (χ4v) is 3.05. The molecule has 0 spiro atoms. The summed E-state index contributed by atoms with van der Waals surface area (Å²) in [5.74, 6) is 1.78. The van der Waals surface area contributed by atoms with Crippen molar-refractivity contribution in [2.24, 2.45) is 0 Å². The number of nitrogens with zero attached hydrogens (tertiary/aromatic N) is 3. The maximum absolute atomic E-state index is 11.9. The Balaban J connectivity index is 1.45. The fraction of sp³-hybridized carbons (Fsp3) is 0.250. The minimum Gasteiger partial charge on any atom is -0.484 e. The van der Waals surface area contributed by atoms with Gasteiger partial charge in [0.15, 0.2) is 6.61 Å². The average molecular weight is 349 g/mol. The third-order valence-corrected chi connectivity index (χ3v) is 4.42. The Morgan fingerprint density at radius 2 is 2.08 bits per heavy atom. The summed E-state index contributed by atoms with van der Waals surface area (Å²) in [4.78, 5) is 18.1. The van der Waals surface area contributed by atoms with Crippen molar-refractivity contribution in [3.8, 4) is 17.1 Å². The number of amides is 1. The molecule has 132 valence electrons. The first kappa shape index (κ1) is 16.3. The van der Waals surface area contributed by atoms with Crippen molar-refractivity contribution >= 4 is 11.6 Å². The molecule has 2 heterocycles. The zero-order chi connectivity index (χ0) is 17.9. The number of hydrogen-bond donors (Lipinski definition) is 0. The van der Waals surface area contributed by atoms with Crippen LogP contribution < -0.4 is 9.64 Å². The lowest BCUT2D eigenvalue weighted by Gasteiger charge is -2.16. The number of aryl methyl sites for hydroxylation is 1. The molecule has 2 aromatic carbocycles. The van der Waals surface area contributed by atoms with E-state index in [0.717, 1.165) is 29.8 Å². The first-order valence-corrected chi connectivity index (χ1v) is 8.62. The first-order chi connectivity index (χ1) is 12.7. The van der Waals surface area contributed by atoms with Gasteiger partial charge in [0.2, 0.25) is 11.7 Å². The van der Waals surface area contributed by atoms with E-state index in [0.29, 0.717) is 23.9 Å². The van der Waals surface area contributed by atoms with Crippen LogP contribution >= 0.6 is 0 Å². The van der Waals surface area contributed by atoms with Crippen molar-refractivity contribution in [2.75, 3.05) is 11.4 Å². The van der Waals surface area contributed by atoms with Crippen LogP contribution in [0.5, 0.6) is 5.75 Å². The van der Waals surface area contributed by atoms with E-state index in [1.165, 1.54) is 0 Å². The Kier molecular flexibility index (Phi) is 4.39. The Morgan fingerprint density at radius 1 is 1.19 bits per heavy atom. The van der Waals surface area contributed by atoms with Gasteiger partial charge in [-0.25, -0.2) is 0 Å². The molecule has 1 aromatic heterocycles. The lowest BCUT2D eigenvalue weighted by atomic mass is 10.1. The van der Waals surface area contributed by atoms with Crippen LogP contribution in [-0.2, 0) is 11.4 Å². The quantitative estimate of drug-likeness (QED) is 0.702. The maximum atomic E-state index is 11.9. The van der Waals surface area contributed by atoms with Crippen LogP contribution in [0.25, 0.3) is 11.4 Å². The average Bonchev–Trinajstić information content (AvgIpc) is 3.30. The molecule has 0 N–H and O–H groups in total. The van der Waals surface area contributed by atoms with Crippen LogP contribution in [0.4, 0.5) is 5.69 Å². The molecule has 0 radical (unpaired) electrons. The Hall–Kier alpha value is -3.15. The second-order valence-corrected chi connectivity index (χ2v) is 6.26. The summed E-state index contributed by atoms with van der Waals surface area (Å²) >= 11 is 0. The molecular formula is C20H19N3O3. The predicted octanol–water partition coefficient (Wildman–Crippen LogP) is 3.75. The van der Waals surface area contributed by atoms with Gasteiger partial charge in [-0.05, 0) is 31.0 Å². The second kappa shape index (κ2) is 7.00. The number of rotatable bonds is 5. The van der Waals surface area contributed by atoms with Gasteiger partial charge < -0.3 is 14.2 Å². The maximum Gasteiger partial charge on any atom is 0.264 e. The molecule has 6 nitrogen and oxygen atoms in total. The van der Waals surface area contributed by atoms with Crippen LogP contribution in [0, 0.1) is 6.92 Å². The summed E-state index contributed by atoms with van der Waals surface area (Å²) in [5.41, 5.74) is 2.89. The zero-order valence-corrected chi connectivity index (χ0v) is 14.5. The highest BCUT2D eigenvalue weighted by Crippen LogP contribution is 2.26. The predicted molar refractivity (Wildman–Crippen MR) is 96.8 cm³/mol. The molecule has 1 amide bonds. The van der Waals surface area contributed by atoms with Crippen molar-refractivity contribution in [3.63, 3.8) is 0 Å². The molecule has 4 rings (SSSR count). The number of carbonyl (C=O) groups excluding carboxylic acids is 1. The van der Waals surface area contributed by atoms with Crippen LogP contribution in [0.15, 0.2) is 53.1 Å². The molecule has 1 saturated heterocycles. The van der Waals surface area contributed by atoms with E-state index < -0.39 is 0 Å². The SMILES string of the molecule is Cc1ccccc1-c1noc(COc2cccc(N3CCCC3=O)c2)n1. The summed E-state index contributed by atoms with van der Waals surface area (Å²) in [6.45, 7) is 2.94. The van der Waals surface area contributed by atoms with Crippen LogP contribution in [-0.4, -0.2) is 22.6 Å². The van der Waals surface area contributed by atoms with Crippen molar-refractivity contribution in [3.05, 3.63) is 60.0 Å². The minimum absolute atomic E-state index is 0.155. The number of aromatic nitrogens is 2. The van der Waals surface area contributed by atoms with Crippen LogP contribution in [0.1, 0.15) is 24.3 Å². The van der Waals surface area contributed by atoms with Gasteiger partial charge in [0, 0.05) is 30.3 Å². The van der Waals surface area contributed by atoms with E-state index in [2.05, 4.69) is 10.1 Å². The molecule has 0 bridgehead atoms. The summed E-state index contributed by atoms with van der Waals surface area (Å²) in [7, 11) is 0. The van der Waals surface area contributed by atoms with Crippen molar-refractivity contribution in [2.45, 2.75) is 26.4 Å². The second-order valence-electron chi connectivity index (χ2n) is 6.26. The van der Waals surface area contributed by atoms with Gasteiger partial charge in [0.05, 0.1) is 0 Å². The van der Waals surface area contributed by atoms with Gasteiger partial charge in [-0.15, -0.1) is 0 Å². The van der Waals surface area contributed by atoms with Crippen molar-refractivity contribution < 1.29 is 14.1 Å². The third-order valence-electron chi connectivity index (χ3n) is 4.42. The smallest absolute Gasteiger partial charge is 0.264 e. The Labute approximate surface area is 151 Å². The molecule has 6 heteroatoms. The molecule has 1 aliphatic rings. The molecule has 1 fully saturated rings. The molecule has 1 aliphatic heterocycles. The highest BCUT2D eigenvalue weighted by Gasteiger charge is 2.21. The summed E-state index contributed by atoms with van der Waals surface area (Å²) in [5, 5.41) is 4.03. The lowest BCUT2D eigenvalue weighted by Crippen LogP contribution is -2.23. The number of ether oxygens (including phenoxy) is 1. The van der Waals surface area contributed by atoms with Gasteiger partial charge >= 0.3 is 0 Å². The molecular weight excluding hydrogens is 330 g/mol. The van der Waals surface area contributed by atoms with Crippen LogP contribution in [0.2, 0.25) is 0 Å². The molecule has 0 aliphatic carbocycles. The number of benzene rings is 2. The number of carbonyl (C=O) groups is 1. The third kappa shape index (κ3) is 3.31. The van der Waals surface area contributed by atoms with Gasteiger partial charge in [-0.2, -0.15) is 4.98 Å². The lowest BCUT2D eigenvalue weighted by molar-refractivity contribution is -0.117. The highest BCUT2D eigenvalue weighted by atomic mass is 16.5. The molecule has 0 atom stereocenters. The fourth-order valence-electron chi connectivity index (χ4n) is 3.05. The molecule has 0 unspecified atom stereocenters. The topological polar surface area (TPSA) is 68.5 Å². The standard InChI is InChI=1S/C20H19N3O3/c1-14-6-2-3-9-17(14)20-21-18(26-22-20)13-25-16-8-4-7-15(12-16)23-11-5-10-19(23)24/h2-4,6-9,12H,5,10-11,13H2,1H3. The van der Waals surface area contributed by atoms with Gasteiger partial charge in [0.25, 0.3) is 5.89 Å². The van der Waals surface area contributed by atoms with E-state index >= 15 is 0 Å². The zero-order valence-electron chi connectivity index (χ0n) is 14.5. The van der Waals surface area contributed by atoms with Crippen molar-refractivity contribution in [1.82, 2.24) is 10.1 Å². The van der Waals surface area contributed by atoms with Crippen LogP contribution in [0.3, 0.4) is 0 Å². The highest BCUT2D eigenvalue weighted by molar-refractivity contribution is 5.95. The molecule has 0 saturated carbocycles.